The first-order valence-corrected chi connectivity index (χ1v) is 7.34. The molecule has 1 amide bonds. The second kappa shape index (κ2) is 6.95. The Morgan fingerprint density at radius 2 is 1.86 bits per heavy atom. The Balaban J connectivity index is 0.00000176. The van der Waals surface area contributed by atoms with Gasteiger partial charge in [0, 0.05) is 17.8 Å². The largest absolute Gasteiger partial charge is 0.322 e. The number of hydrogen-bond donors (Lipinski definition) is 2. The number of amides is 1. The van der Waals surface area contributed by atoms with Gasteiger partial charge in [0.1, 0.15) is 0 Å². The summed E-state index contributed by atoms with van der Waals surface area (Å²) in [7, 11) is 0. The second-order valence-electron chi connectivity index (χ2n) is 5.66. The molecule has 4 heteroatoms. The summed E-state index contributed by atoms with van der Waals surface area (Å²) >= 11 is 0. The molecule has 0 saturated carbocycles. The Labute approximate surface area is 137 Å². The minimum Gasteiger partial charge on any atom is -0.322 e. The van der Waals surface area contributed by atoms with Crippen molar-refractivity contribution in [3.8, 4) is 0 Å². The number of anilines is 1. The summed E-state index contributed by atoms with van der Waals surface area (Å²) in [6.45, 7) is 5.98. The molecule has 0 unspecified atom stereocenters. The third-order valence-electron chi connectivity index (χ3n) is 4.12. The maximum Gasteiger partial charge on any atom is 0.255 e. The molecule has 1 aliphatic heterocycles. The van der Waals surface area contributed by atoms with Gasteiger partial charge >= 0.3 is 0 Å². The number of carbonyl (C=O) groups excluding carboxylic acids is 1. The van der Waals surface area contributed by atoms with E-state index in [0.29, 0.717) is 5.56 Å². The fourth-order valence-electron chi connectivity index (χ4n) is 2.64. The highest BCUT2D eigenvalue weighted by Gasteiger charge is 2.11. The first kappa shape index (κ1) is 16.5. The van der Waals surface area contributed by atoms with Crippen LogP contribution in [-0.4, -0.2) is 12.5 Å². The molecule has 0 radical (unpaired) electrons. The van der Waals surface area contributed by atoms with Crippen LogP contribution in [0.25, 0.3) is 0 Å². The van der Waals surface area contributed by atoms with Gasteiger partial charge in [0.05, 0.1) is 0 Å². The number of hydrogen-bond acceptors (Lipinski definition) is 2. The monoisotopic (exact) mass is 316 g/mol. The van der Waals surface area contributed by atoms with E-state index in [1.54, 1.807) is 0 Å². The predicted octanol–water partition coefficient (Wildman–Crippen LogP) is 3.62. The maximum atomic E-state index is 12.3. The molecule has 2 aromatic carbocycles. The van der Waals surface area contributed by atoms with E-state index in [-0.39, 0.29) is 18.3 Å². The molecular formula is C18H21ClN2O. The van der Waals surface area contributed by atoms with E-state index in [2.05, 4.69) is 22.8 Å². The fraction of sp³-hybridized carbons (Fsp3) is 0.278. The van der Waals surface area contributed by atoms with Gasteiger partial charge in [0.2, 0.25) is 0 Å². The molecule has 0 saturated heterocycles. The lowest BCUT2D eigenvalue weighted by atomic mass is 10.0. The average molecular weight is 317 g/mol. The number of rotatable bonds is 2. The van der Waals surface area contributed by atoms with Crippen molar-refractivity contribution in [2.45, 2.75) is 26.8 Å². The van der Waals surface area contributed by atoms with E-state index < -0.39 is 0 Å². The van der Waals surface area contributed by atoms with Gasteiger partial charge < -0.3 is 10.6 Å². The van der Waals surface area contributed by atoms with Crippen molar-refractivity contribution in [1.82, 2.24) is 5.32 Å². The maximum absolute atomic E-state index is 12.3. The SMILES string of the molecule is Cc1ccc(C(=O)Nc2ccc3c(c2)CNCC3)cc1C.Cl. The normalized spacial score (nSPS) is 13.0. The molecule has 0 aromatic heterocycles. The van der Waals surface area contributed by atoms with Crippen LogP contribution in [0.4, 0.5) is 5.69 Å². The van der Waals surface area contributed by atoms with Crippen LogP contribution in [0.5, 0.6) is 0 Å². The average Bonchev–Trinajstić information content (AvgIpc) is 2.50. The molecule has 22 heavy (non-hydrogen) atoms. The van der Waals surface area contributed by atoms with E-state index in [0.717, 1.165) is 30.8 Å². The highest BCUT2D eigenvalue weighted by Crippen LogP contribution is 2.20. The van der Waals surface area contributed by atoms with Gasteiger partial charge in [-0.05, 0) is 73.3 Å². The molecule has 3 nitrogen and oxygen atoms in total. The van der Waals surface area contributed by atoms with Gasteiger partial charge in [0.15, 0.2) is 0 Å². The summed E-state index contributed by atoms with van der Waals surface area (Å²) in [5.74, 6) is -0.0539. The third-order valence-corrected chi connectivity index (χ3v) is 4.12. The lowest BCUT2D eigenvalue weighted by Crippen LogP contribution is -2.23. The van der Waals surface area contributed by atoms with Crippen LogP contribution in [0, 0.1) is 13.8 Å². The van der Waals surface area contributed by atoms with Crippen LogP contribution in [-0.2, 0) is 13.0 Å². The predicted molar refractivity (Wildman–Crippen MR) is 93.0 cm³/mol. The lowest BCUT2D eigenvalue weighted by Gasteiger charge is -2.18. The number of nitrogens with one attached hydrogen (secondary N) is 2. The van der Waals surface area contributed by atoms with E-state index in [9.17, 15) is 4.79 Å². The number of aryl methyl sites for hydroxylation is 2. The molecule has 0 spiro atoms. The zero-order valence-corrected chi connectivity index (χ0v) is 13.7. The Hall–Kier alpha value is -1.84. The van der Waals surface area contributed by atoms with Crippen molar-refractivity contribution in [2.24, 2.45) is 0 Å². The Morgan fingerprint density at radius 1 is 1.05 bits per heavy atom. The van der Waals surface area contributed by atoms with E-state index in [4.69, 9.17) is 0 Å². The summed E-state index contributed by atoms with van der Waals surface area (Å²) in [5.41, 5.74) is 6.55. The molecule has 1 aliphatic rings. The molecule has 2 N–H and O–H groups in total. The topological polar surface area (TPSA) is 41.1 Å². The number of fused-ring (bicyclic) bond motifs is 1. The molecule has 1 heterocycles. The molecule has 0 aliphatic carbocycles. The van der Waals surface area contributed by atoms with Gasteiger partial charge in [-0.3, -0.25) is 4.79 Å². The van der Waals surface area contributed by atoms with Crippen molar-refractivity contribution >= 4 is 24.0 Å². The zero-order chi connectivity index (χ0) is 14.8. The van der Waals surface area contributed by atoms with Crippen molar-refractivity contribution < 1.29 is 4.79 Å². The molecule has 3 rings (SSSR count). The van der Waals surface area contributed by atoms with Gasteiger partial charge in [-0.15, -0.1) is 12.4 Å². The van der Waals surface area contributed by atoms with Gasteiger partial charge in [-0.25, -0.2) is 0 Å². The molecule has 2 aromatic rings. The standard InChI is InChI=1S/C18H20N2O.ClH/c1-12-3-4-15(9-13(12)2)18(21)20-17-6-5-14-7-8-19-11-16(14)10-17;/h3-6,9-10,19H,7-8,11H2,1-2H3,(H,20,21);1H. The summed E-state index contributed by atoms with van der Waals surface area (Å²) in [4.78, 5) is 12.3. The summed E-state index contributed by atoms with van der Waals surface area (Å²) < 4.78 is 0. The third kappa shape index (κ3) is 3.49. The van der Waals surface area contributed by atoms with Crippen LogP contribution in [0.1, 0.15) is 32.6 Å². The van der Waals surface area contributed by atoms with E-state index in [1.165, 1.54) is 16.7 Å². The minimum atomic E-state index is -0.0539. The van der Waals surface area contributed by atoms with Crippen LogP contribution >= 0.6 is 12.4 Å². The summed E-state index contributed by atoms with van der Waals surface area (Å²) in [6, 6.07) is 12.0. The number of halogens is 1. The van der Waals surface area contributed by atoms with Crippen LogP contribution < -0.4 is 10.6 Å². The molecular weight excluding hydrogens is 296 g/mol. The zero-order valence-electron chi connectivity index (χ0n) is 12.9. The van der Waals surface area contributed by atoms with Crippen molar-refractivity contribution in [3.05, 3.63) is 64.2 Å². The number of benzene rings is 2. The first-order valence-electron chi connectivity index (χ1n) is 7.34. The Morgan fingerprint density at radius 3 is 2.64 bits per heavy atom. The van der Waals surface area contributed by atoms with Gasteiger partial charge in [-0.2, -0.15) is 0 Å². The lowest BCUT2D eigenvalue weighted by molar-refractivity contribution is 0.102. The summed E-state index contributed by atoms with van der Waals surface area (Å²) in [5, 5.41) is 6.34. The second-order valence-corrected chi connectivity index (χ2v) is 5.66. The summed E-state index contributed by atoms with van der Waals surface area (Å²) in [6.07, 6.45) is 1.06. The van der Waals surface area contributed by atoms with Crippen molar-refractivity contribution in [2.75, 3.05) is 11.9 Å². The van der Waals surface area contributed by atoms with Gasteiger partial charge in [-0.1, -0.05) is 12.1 Å². The van der Waals surface area contributed by atoms with Crippen molar-refractivity contribution in [3.63, 3.8) is 0 Å². The molecule has 116 valence electrons. The van der Waals surface area contributed by atoms with E-state index in [1.807, 2.05) is 38.1 Å². The highest BCUT2D eigenvalue weighted by atomic mass is 35.5. The molecule has 0 fully saturated rings. The molecule has 0 bridgehead atoms. The Bertz CT molecular complexity index is 697. The van der Waals surface area contributed by atoms with Crippen molar-refractivity contribution in [1.29, 1.82) is 0 Å². The highest BCUT2D eigenvalue weighted by molar-refractivity contribution is 6.04. The smallest absolute Gasteiger partial charge is 0.255 e. The van der Waals surface area contributed by atoms with E-state index >= 15 is 0 Å². The van der Waals surface area contributed by atoms with Crippen LogP contribution in [0.2, 0.25) is 0 Å². The molecule has 0 atom stereocenters. The first-order chi connectivity index (χ1) is 10.1. The quantitative estimate of drug-likeness (QED) is 0.888. The van der Waals surface area contributed by atoms with Gasteiger partial charge in [0.25, 0.3) is 5.91 Å². The van der Waals surface area contributed by atoms with Crippen LogP contribution in [0.3, 0.4) is 0 Å². The number of carbonyl (C=O) groups is 1. The fourth-order valence-corrected chi connectivity index (χ4v) is 2.64. The van der Waals surface area contributed by atoms with Crippen LogP contribution in [0.15, 0.2) is 36.4 Å². The Kier molecular flexibility index (Phi) is 5.22. The minimum absolute atomic E-state index is 0.